The first-order chi connectivity index (χ1) is 18.2. The van der Waals surface area contributed by atoms with Crippen LogP contribution in [0.15, 0.2) is 54.6 Å². The number of carbonyl (C=O) groups excluding carboxylic acids is 2. The fraction of sp³-hybridized carbons (Fsp3) is 0.414. The molecule has 3 heterocycles. The molecule has 1 fully saturated rings. The number of benzene rings is 2. The summed E-state index contributed by atoms with van der Waals surface area (Å²) in [5.74, 6) is 0.100. The van der Waals surface area contributed by atoms with Gasteiger partial charge in [-0.2, -0.15) is 5.10 Å². The Labute approximate surface area is 223 Å². The van der Waals surface area contributed by atoms with Gasteiger partial charge in [0.05, 0.1) is 18.8 Å². The molecule has 2 N–H and O–H groups in total. The smallest absolute Gasteiger partial charge is 0.256 e. The predicted molar refractivity (Wildman–Crippen MR) is 147 cm³/mol. The largest absolute Gasteiger partial charge is 0.369 e. The number of hydrogen-bond donors (Lipinski definition) is 2. The fourth-order valence-electron chi connectivity index (χ4n) is 5.21. The van der Waals surface area contributed by atoms with Crippen molar-refractivity contribution in [3.63, 3.8) is 0 Å². The van der Waals surface area contributed by atoms with Gasteiger partial charge in [-0.15, -0.1) is 0 Å². The number of amides is 2. The van der Waals surface area contributed by atoms with E-state index < -0.39 is 6.10 Å². The second kappa shape index (κ2) is 10.6. The highest BCUT2D eigenvalue weighted by atomic mass is 16.5. The number of nitrogens with one attached hydrogen (secondary N) is 2. The van der Waals surface area contributed by atoms with Crippen molar-refractivity contribution in [2.24, 2.45) is 0 Å². The van der Waals surface area contributed by atoms with E-state index >= 15 is 0 Å². The first kappa shape index (κ1) is 25.9. The molecule has 1 aromatic heterocycles. The molecule has 0 aliphatic carbocycles. The number of rotatable bonds is 6. The summed E-state index contributed by atoms with van der Waals surface area (Å²) >= 11 is 0. The van der Waals surface area contributed by atoms with Crippen molar-refractivity contribution >= 4 is 23.3 Å². The zero-order chi connectivity index (χ0) is 26.9. The fourth-order valence-corrected chi connectivity index (χ4v) is 5.21. The van der Waals surface area contributed by atoms with Crippen LogP contribution in [0, 0.1) is 0 Å². The molecule has 0 radical (unpaired) electrons. The van der Waals surface area contributed by atoms with E-state index in [9.17, 15) is 9.59 Å². The van der Waals surface area contributed by atoms with Crippen LogP contribution in [0.1, 0.15) is 54.1 Å². The second-order valence-electron chi connectivity index (χ2n) is 10.9. The van der Waals surface area contributed by atoms with E-state index in [0.29, 0.717) is 24.5 Å². The van der Waals surface area contributed by atoms with Gasteiger partial charge in [0.15, 0.2) is 11.9 Å². The third-order valence-electron chi connectivity index (χ3n) is 7.48. The quantitative estimate of drug-likeness (QED) is 0.518. The van der Waals surface area contributed by atoms with Crippen LogP contribution in [0.3, 0.4) is 0 Å². The molecule has 0 unspecified atom stereocenters. The van der Waals surface area contributed by atoms with Gasteiger partial charge in [0, 0.05) is 55.6 Å². The van der Waals surface area contributed by atoms with Crippen LogP contribution in [0.4, 0.5) is 11.5 Å². The Morgan fingerprint density at radius 3 is 2.29 bits per heavy atom. The Morgan fingerprint density at radius 2 is 1.66 bits per heavy atom. The van der Waals surface area contributed by atoms with E-state index in [1.54, 1.807) is 4.90 Å². The molecule has 0 saturated carbocycles. The SMILES string of the molecule is CO[C@@H](C(=O)N1Cc2[nH]nc(NC(=O)c3ccc(N4CCN(C(C)(C)C)CC4)cc3)c2C1)c1ccccc1. The summed E-state index contributed by atoms with van der Waals surface area (Å²) in [4.78, 5) is 32.8. The van der Waals surface area contributed by atoms with Gasteiger partial charge in [0.2, 0.25) is 0 Å². The number of carbonyl (C=O) groups is 2. The minimum Gasteiger partial charge on any atom is -0.369 e. The summed E-state index contributed by atoms with van der Waals surface area (Å²) in [6.45, 7) is 11.5. The molecular weight excluding hydrogens is 480 g/mol. The molecule has 2 aromatic carbocycles. The van der Waals surface area contributed by atoms with Crippen LogP contribution < -0.4 is 10.2 Å². The average molecular weight is 517 g/mol. The van der Waals surface area contributed by atoms with Gasteiger partial charge in [0.25, 0.3) is 11.8 Å². The average Bonchev–Trinajstić information content (AvgIpc) is 3.51. The molecule has 3 aromatic rings. The first-order valence-electron chi connectivity index (χ1n) is 13.1. The van der Waals surface area contributed by atoms with Crippen molar-refractivity contribution in [2.75, 3.05) is 43.5 Å². The minimum atomic E-state index is -0.679. The Balaban J connectivity index is 1.20. The third kappa shape index (κ3) is 5.30. The standard InChI is InChI=1S/C29H36N6O3/c1-29(2,3)35-16-14-33(15-17-35)22-12-10-21(11-13-22)27(36)30-26-23-18-34(19-24(23)31-32-26)28(37)25(38-4)20-8-6-5-7-9-20/h5-13,25H,14-19H2,1-4H3,(H2,30,31,32,36)/t25-/m1/s1. The summed E-state index contributed by atoms with van der Waals surface area (Å²) < 4.78 is 5.52. The molecular formula is C29H36N6O3. The number of nitrogens with zero attached hydrogens (tertiary/aromatic N) is 4. The molecule has 200 valence electrons. The minimum absolute atomic E-state index is 0.125. The van der Waals surface area contributed by atoms with Crippen LogP contribution >= 0.6 is 0 Å². The number of fused-ring (bicyclic) bond motifs is 1. The Bertz CT molecular complexity index is 1270. The maximum atomic E-state index is 13.2. The van der Waals surface area contributed by atoms with E-state index in [0.717, 1.165) is 48.7 Å². The third-order valence-corrected chi connectivity index (χ3v) is 7.48. The summed E-state index contributed by atoms with van der Waals surface area (Å²) in [5, 5.41) is 10.2. The predicted octanol–water partition coefficient (Wildman–Crippen LogP) is 3.81. The van der Waals surface area contributed by atoms with E-state index in [1.165, 1.54) is 7.11 Å². The van der Waals surface area contributed by atoms with Crippen LogP contribution in [0.25, 0.3) is 0 Å². The Kier molecular flexibility index (Phi) is 7.23. The normalized spacial score (nSPS) is 16.8. The van der Waals surface area contributed by atoms with Crippen molar-refractivity contribution in [1.82, 2.24) is 20.0 Å². The zero-order valence-electron chi connectivity index (χ0n) is 22.5. The van der Waals surface area contributed by atoms with Crippen LogP contribution in [-0.2, 0) is 22.6 Å². The number of piperazine rings is 1. The van der Waals surface area contributed by atoms with Crippen LogP contribution in [-0.4, -0.2) is 70.6 Å². The lowest BCUT2D eigenvalue weighted by molar-refractivity contribution is -0.143. The van der Waals surface area contributed by atoms with Crippen molar-refractivity contribution < 1.29 is 14.3 Å². The van der Waals surface area contributed by atoms with E-state index in [-0.39, 0.29) is 17.4 Å². The highest BCUT2D eigenvalue weighted by Gasteiger charge is 2.33. The van der Waals surface area contributed by atoms with Crippen molar-refractivity contribution in [3.8, 4) is 0 Å². The lowest BCUT2D eigenvalue weighted by Crippen LogP contribution is -2.53. The number of aromatic amines is 1. The number of anilines is 2. The summed E-state index contributed by atoms with van der Waals surface area (Å²) in [5.41, 5.74) is 4.31. The lowest BCUT2D eigenvalue weighted by atomic mass is 10.0. The second-order valence-corrected chi connectivity index (χ2v) is 10.9. The molecule has 5 rings (SSSR count). The number of hydrogen-bond acceptors (Lipinski definition) is 6. The number of H-pyrrole nitrogens is 1. The molecule has 0 bridgehead atoms. The van der Waals surface area contributed by atoms with Crippen molar-refractivity contribution in [1.29, 1.82) is 0 Å². The van der Waals surface area contributed by atoms with Crippen LogP contribution in [0.5, 0.6) is 0 Å². The number of ether oxygens (including phenoxy) is 1. The summed E-state index contributed by atoms with van der Waals surface area (Å²) in [6, 6.07) is 17.2. The highest BCUT2D eigenvalue weighted by molar-refractivity contribution is 6.04. The molecule has 2 aliphatic heterocycles. The molecule has 9 heteroatoms. The molecule has 2 amide bonds. The van der Waals surface area contributed by atoms with Crippen LogP contribution in [0.2, 0.25) is 0 Å². The van der Waals surface area contributed by atoms with E-state index in [4.69, 9.17) is 4.74 Å². The van der Waals surface area contributed by atoms with Gasteiger partial charge in [-0.1, -0.05) is 30.3 Å². The molecule has 9 nitrogen and oxygen atoms in total. The Morgan fingerprint density at radius 1 is 0.974 bits per heavy atom. The van der Waals surface area contributed by atoms with E-state index in [2.05, 4.69) is 46.1 Å². The monoisotopic (exact) mass is 516 g/mol. The first-order valence-corrected chi connectivity index (χ1v) is 13.1. The topological polar surface area (TPSA) is 93.8 Å². The Hall–Kier alpha value is -3.69. The van der Waals surface area contributed by atoms with Crippen molar-refractivity contribution in [2.45, 2.75) is 45.5 Å². The molecule has 1 atom stereocenters. The molecule has 38 heavy (non-hydrogen) atoms. The van der Waals surface area contributed by atoms with Gasteiger partial charge in [-0.25, -0.2) is 0 Å². The van der Waals surface area contributed by atoms with Gasteiger partial charge >= 0.3 is 0 Å². The van der Waals surface area contributed by atoms with Gasteiger partial charge in [-0.3, -0.25) is 19.6 Å². The van der Waals surface area contributed by atoms with Gasteiger partial charge < -0.3 is 19.9 Å². The highest BCUT2D eigenvalue weighted by Crippen LogP contribution is 2.31. The van der Waals surface area contributed by atoms with Crippen molar-refractivity contribution in [3.05, 3.63) is 77.0 Å². The summed E-state index contributed by atoms with van der Waals surface area (Å²) in [7, 11) is 1.54. The van der Waals surface area contributed by atoms with Gasteiger partial charge in [0.1, 0.15) is 0 Å². The van der Waals surface area contributed by atoms with E-state index in [1.807, 2.05) is 54.6 Å². The number of aromatic nitrogens is 2. The summed E-state index contributed by atoms with van der Waals surface area (Å²) in [6.07, 6.45) is -0.679. The molecule has 2 aliphatic rings. The van der Waals surface area contributed by atoms with Gasteiger partial charge in [-0.05, 0) is 50.6 Å². The maximum Gasteiger partial charge on any atom is 0.256 e. The maximum absolute atomic E-state index is 13.2. The molecule has 0 spiro atoms. The number of methoxy groups -OCH3 is 1. The lowest BCUT2D eigenvalue weighted by Gasteiger charge is -2.43. The molecule has 1 saturated heterocycles. The zero-order valence-corrected chi connectivity index (χ0v) is 22.5.